The fraction of sp³-hybridized carbons (Fsp3) is 0.490. The van der Waals surface area contributed by atoms with Crippen molar-refractivity contribution < 1.29 is 36.6 Å². The van der Waals surface area contributed by atoms with E-state index >= 15 is 0 Å². The molecular formula is C98H114Cl4F6N20O2. The lowest BCUT2D eigenvalue weighted by atomic mass is 9.65. The lowest BCUT2D eigenvalue weighted by molar-refractivity contribution is -0.139. The Morgan fingerprint density at radius 1 is 0.438 bits per heavy atom. The van der Waals surface area contributed by atoms with Gasteiger partial charge in [0.05, 0.1) is 126 Å². The molecule has 130 heavy (non-hydrogen) atoms. The zero-order valence-corrected chi connectivity index (χ0v) is 78.1. The topological polar surface area (TPSA) is 322 Å². The molecule has 6 N–H and O–H groups in total. The molecule has 4 aromatic carbocycles. The Morgan fingerprint density at radius 3 is 1.20 bits per heavy atom. The first-order valence-corrected chi connectivity index (χ1v) is 45.8. The molecule has 32 heteroatoms. The number of benzene rings is 4. The summed E-state index contributed by atoms with van der Waals surface area (Å²) in [6.07, 6.45) is 22.1. The fourth-order valence-corrected chi connectivity index (χ4v) is 19.3. The summed E-state index contributed by atoms with van der Waals surface area (Å²) in [5, 5.41) is 76.5. The maximum Gasteiger partial charge on any atom is 0.418 e. The number of alkyl halides is 6. The second kappa shape index (κ2) is 44.6. The van der Waals surface area contributed by atoms with Gasteiger partial charge in [0.2, 0.25) is 23.8 Å². The van der Waals surface area contributed by atoms with Gasteiger partial charge >= 0.3 is 12.4 Å². The largest absolute Gasteiger partial charge is 0.418 e. The molecule has 10 aromatic rings. The van der Waals surface area contributed by atoms with Crippen molar-refractivity contribution in [3.63, 3.8) is 0 Å². The minimum atomic E-state index is -4.52. The summed E-state index contributed by atoms with van der Waals surface area (Å²) in [7, 11) is 0. The Balaban J connectivity index is 0.000000168. The van der Waals surface area contributed by atoms with Crippen LogP contribution in [-0.4, -0.2) is 108 Å². The Kier molecular flexibility index (Phi) is 34.3. The third-order valence-electron chi connectivity index (χ3n) is 26.4. The van der Waals surface area contributed by atoms with Crippen LogP contribution in [0.3, 0.4) is 0 Å². The van der Waals surface area contributed by atoms with Crippen LogP contribution < -0.4 is 21.3 Å². The highest BCUT2D eigenvalue weighted by molar-refractivity contribution is 6.33. The maximum atomic E-state index is 13.3. The Morgan fingerprint density at radius 2 is 0.838 bits per heavy atom. The SMILES string of the molecule is CC1(C)C[C@H](Cc2nc(NCCc3ccc(-n4cccn4)c(Cl)c3)ncc2C#N)CC[C@@H]1O.CC1(C)C[C@H](Cc2nc(NCCc3ccc(-n4ccnc4)c(Cl)c3)ncc2C#N)CC[C@@H]1O.C[C@H]1CC[C@@H](Cc2nc(NCCc3cc(Cl)ccc3C(F)(F)F)ncc2C#N)CC1(C)C.C[C@H]1CC[C@@H](Cc2nc(NCCc3cccc(Cl)c3C(F)(F)F)ncc2C#N)CC1(C)C. The molecule has 0 spiro atoms. The van der Waals surface area contributed by atoms with Crippen molar-refractivity contribution >= 4 is 70.2 Å². The van der Waals surface area contributed by atoms with Gasteiger partial charge in [0.25, 0.3) is 0 Å². The van der Waals surface area contributed by atoms with Crippen LogP contribution >= 0.6 is 46.4 Å². The number of aliphatic hydroxyl groups is 2. The molecular weight excluding hydrogens is 1750 g/mol. The van der Waals surface area contributed by atoms with Crippen LogP contribution in [0.1, 0.15) is 225 Å². The second-order valence-electron chi connectivity index (χ2n) is 37.6. The van der Waals surface area contributed by atoms with E-state index in [1.165, 1.54) is 42.7 Å². The first-order chi connectivity index (χ1) is 61.7. The van der Waals surface area contributed by atoms with E-state index in [4.69, 9.17) is 46.4 Å². The molecule has 0 radical (unpaired) electrons. The van der Waals surface area contributed by atoms with Gasteiger partial charge in [0.15, 0.2) is 0 Å². The number of nitrogens with zero attached hydrogens (tertiary/aromatic N) is 16. The van der Waals surface area contributed by atoms with E-state index in [9.17, 15) is 57.6 Å². The maximum absolute atomic E-state index is 13.3. The van der Waals surface area contributed by atoms with Crippen molar-refractivity contribution in [2.24, 2.45) is 57.2 Å². The predicted molar refractivity (Wildman–Crippen MR) is 495 cm³/mol. The lowest BCUT2D eigenvalue weighted by Gasteiger charge is -2.41. The number of halogens is 10. The zero-order chi connectivity index (χ0) is 93.9. The van der Waals surface area contributed by atoms with Gasteiger partial charge in [-0.2, -0.15) is 52.5 Å². The lowest BCUT2D eigenvalue weighted by Crippen LogP contribution is -2.37. The standard InChI is InChI=1S/2C25H29ClN6O.2C24H28ClF3N4/c1-25(2)14-18(5-7-23(25)33)13-21-19(15-27)16-29-24(31-21)28-10-8-17-4-6-22(20(26)12-17)32-11-3-9-30-32;1-25(2)13-18(4-6-23(25)33)12-21-19(14-27)15-30-24(31-21)29-8-7-17-3-5-22(20(26)11-17)32-10-9-28-16-32;1-15-4-5-16(12-23(15,2)3)10-21-18(13-29)14-31-22(32-21)30-9-8-17-11-19(25)6-7-20(17)24(26,27)28;1-15-7-8-16(12-23(15,2)3)11-20-18(13-29)14-31-22(32-20)30-10-9-17-5-4-6-19(25)21(17)24(26,27)28/h3-4,6,9,11-12,16,18,23,33H,5,7-8,10,13-14H2,1-2H3,(H,28,29,31);3,5,9-11,15-16,18,23,33H,4,6-8,12-13H2,1-2H3,(H,29,30,31);6-7,11,14-16H,4-5,8-10,12H2,1-3H3,(H,30,31,32);4-6,14-16H,7-12H2,1-3H3,(H,30,31,32)/t2*18-,23-;2*15-,16-/m0000/s1. The highest BCUT2D eigenvalue weighted by Crippen LogP contribution is 2.48. The smallest absolute Gasteiger partial charge is 0.393 e. The van der Waals surface area contributed by atoms with Crippen LogP contribution in [0.15, 0.2) is 135 Å². The first kappa shape index (κ1) is 100. The molecule has 4 aliphatic rings. The van der Waals surface area contributed by atoms with E-state index in [1.54, 1.807) is 35.8 Å². The van der Waals surface area contributed by atoms with E-state index < -0.39 is 23.5 Å². The number of hydrogen-bond acceptors (Lipinski definition) is 20. The Labute approximate surface area is 777 Å². The van der Waals surface area contributed by atoms with Crippen molar-refractivity contribution in [2.75, 3.05) is 47.4 Å². The van der Waals surface area contributed by atoms with Gasteiger partial charge in [-0.05, 0) is 262 Å². The van der Waals surface area contributed by atoms with Crippen molar-refractivity contribution in [1.29, 1.82) is 21.0 Å². The van der Waals surface area contributed by atoms with Crippen molar-refractivity contribution in [3.05, 3.63) is 233 Å². The molecule has 8 atom stereocenters. The quantitative estimate of drug-likeness (QED) is 0.0274. The van der Waals surface area contributed by atoms with Gasteiger partial charge in [0.1, 0.15) is 24.3 Å². The van der Waals surface area contributed by atoms with Crippen LogP contribution in [0.25, 0.3) is 11.4 Å². The number of nitrogens with one attached hydrogen (secondary N) is 4. The molecule has 6 aromatic heterocycles. The van der Waals surface area contributed by atoms with Gasteiger partial charge in [-0.25, -0.2) is 49.5 Å². The van der Waals surface area contributed by atoms with Crippen molar-refractivity contribution in [2.45, 2.75) is 222 Å². The summed E-state index contributed by atoms with van der Waals surface area (Å²) in [5.74, 6) is 4.68. The summed E-state index contributed by atoms with van der Waals surface area (Å²) < 4.78 is 83.4. The van der Waals surface area contributed by atoms with E-state index in [-0.39, 0.29) is 81.0 Å². The van der Waals surface area contributed by atoms with Gasteiger partial charge in [-0.15, -0.1) is 0 Å². The number of rotatable bonds is 26. The Bertz CT molecular complexity index is 5370. The second-order valence-corrected chi connectivity index (χ2v) is 39.3. The van der Waals surface area contributed by atoms with Crippen molar-refractivity contribution in [3.8, 4) is 35.7 Å². The molecule has 0 unspecified atom stereocenters. The molecule has 6 heterocycles. The van der Waals surface area contributed by atoms with Crippen molar-refractivity contribution in [1.82, 2.24) is 59.2 Å². The van der Waals surface area contributed by atoms with Gasteiger partial charge in [0, 0.05) is 56.0 Å². The average molecular weight is 1860 g/mol. The molecule has 0 aliphatic heterocycles. The van der Waals surface area contributed by atoms with E-state index in [2.05, 4.69) is 165 Å². The summed E-state index contributed by atoms with van der Waals surface area (Å²) in [5.41, 5.74) is 7.81. The van der Waals surface area contributed by atoms with E-state index in [1.807, 2.05) is 59.4 Å². The molecule has 4 aliphatic carbocycles. The highest BCUT2D eigenvalue weighted by atomic mass is 35.5. The molecule has 0 saturated heterocycles. The predicted octanol–water partition coefficient (Wildman–Crippen LogP) is 22.5. The van der Waals surface area contributed by atoms with Crippen LogP contribution in [-0.2, 0) is 63.7 Å². The molecule has 688 valence electrons. The third-order valence-corrected chi connectivity index (χ3v) is 27.5. The number of aromatic nitrogens is 12. The molecule has 0 amide bonds. The molecule has 0 bridgehead atoms. The van der Waals surface area contributed by atoms with Gasteiger partial charge < -0.3 is 36.0 Å². The first-order valence-electron chi connectivity index (χ1n) is 44.3. The summed E-state index contributed by atoms with van der Waals surface area (Å²) >= 11 is 24.6. The number of nitriles is 4. The third kappa shape index (κ3) is 27.5. The van der Waals surface area contributed by atoms with E-state index in [0.29, 0.717) is 129 Å². The monoisotopic (exact) mass is 1860 g/mol. The number of hydrogen-bond donors (Lipinski definition) is 6. The van der Waals surface area contributed by atoms with Gasteiger partial charge in [-0.3, -0.25) is 0 Å². The number of imidazole rings is 1. The Hall–Kier alpha value is -10.6. The van der Waals surface area contributed by atoms with Crippen LogP contribution in [0.5, 0.6) is 0 Å². The summed E-state index contributed by atoms with van der Waals surface area (Å²) in [6.45, 7) is 23.9. The minimum Gasteiger partial charge on any atom is -0.393 e. The van der Waals surface area contributed by atoms with E-state index in [0.717, 1.165) is 143 Å². The molecule has 4 saturated carbocycles. The summed E-state index contributed by atoms with van der Waals surface area (Å²) in [4.78, 5) is 39.4. The molecule has 14 rings (SSSR count). The minimum absolute atomic E-state index is 0.113. The number of aliphatic hydroxyl groups excluding tert-OH is 2. The van der Waals surface area contributed by atoms with Gasteiger partial charge in [-0.1, -0.05) is 140 Å². The average Bonchev–Trinajstić information content (AvgIpc) is 0.969. The van der Waals surface area contributed by atoms with Crippen LogP contribution in [0, 0.1) is 102 Å². The number of anilines is 4. The normalized spacial score (nSPS) is 20.1. The molecule has 22 nitrogen and oxygen atoms in total. The zero-order valence-electron chi connectivity index (χ0n) is 75.1. The van der Waals surface area contributed by atoms with Crippen LogP contribution in [0.4, 0.5) is 50.1 Å². The van der Waals surface area contributed by atoms with Crippen LogP contribution in [0.2, 0.25) is 20.1 Å². The molecule has 4 fully saturated rings. The highest BCUT2D eigenvalue weighted by Gasteiger charge is 2.41. The fourth-order valence-electron chi connectivity index (χ4n) is 18.2. The summed E-state index contributed by atoms with van der Waals surface area (Å²) in [6, 6.07) is 30.3.